The minimum absolute atomic E-state index is 0. The fraction of sp³-hybridized carbons (Fsp3) is 0.692. The molecule has 0 radical (unpaired) electrons. The first kappa shape index (κ1) is 16.9. The Labute approximate surface area is 125 Å². The highest BCUT2D eigenvalue weighted by atomic mass is 35.5. The molecule has 1 unspecified atom stereocenters. The quantitative estimate of drug-likeness (QED) is 0.862. The average molecular weight is 303 g/mol. The maximum Gasteiger partial charge on any atom is 0.226 e. The molecule has 0 aliphatic carbocycles. The standard InChI is InChI=1S/C13H22N4O2.ClH/c1-10-8-12(16-19-10)15-13(18)5-7-17-6-3-2-4-11(17)9-14;/h8,11H,2-7,9,14H2,1H3,(H,15,16,18);1H. The lowest BCUT2D eigenvalue weighted by molar-refractivity contribution is -0.116. The summed E-state index contributed by atoms with van der Waals surface area (Å²) in [6.07, 6.45) is 4.03. The van der Waals surface area contributed by atoms with Gasteiger partial charge in [0.25, 0.3) is 0 Å². The summed E-state index contributed by atoms with van der Waals surface area (Å²) in [5.74, 6) is 1.14. The van der Waals surface area contributed by atoms with Crippen molar-refractivity contribution in [3.63, 3.8) is 0 Å². The second-order valence-electron chi connectivity index (χ2n) is 5.04. The maximum atomic E-state index is 11.8. The zero-order valence-corrected chi connectivity index (χ0v) is 12.6. The molecule has 1 fully saturated rings. The van der Waals surface area contributed by atoms with E-state index in [0.29, 0.717) is 30.6 Å². The predicted octanol–water partition coefficient (Wildman–Crippen LogP) is 1.55. The van der Waals surface area contributed by atoms with Crippen LogP contribution in [0.25, 0.3) is 0 Å². The molecule has 114 valence electrons. The molecule has 1 aliphatic heterocycles. The van der Waals surface area contributed by atoms with Gasteiger partial charge in [-0.2, -0.15) is 0 Å². The fourth-order valence-corrected chi connectivity index (χ4v) is 2.50. The number of nitrogens with zero attached hydrogens (tertiary/aromatic N) is 2. The number of nitrogens with two attached hydrogens (primary N) is 1. The number of hydrogen-bond acceptors (Lipinski definition) is 5. The molecule has 3 N–H and O–H groups in total. The number of likely N-dealkylation sites (tertiary alicyclic amines) is 1. The summed E-state index contributed by atoms with van der Waals surface area (Å²) in [5, 5.41) is 6.47. The first-order valence-electron chi connectivity index (χ1n) is 6.86. The van der Waals surface area contributed by atoms with Gasteiger partial charge in [0.15, 0.2) is 5.82 Å². The topological polar surface area (TPSA) is 84.4 Å². The Balaban J connectivity index is 0.00000200. The van der Waals surface area contributed by atoms with Crippen LogP contribution in [-0.4, -0.2) is 41.6 Å². The molecule has 1 aromatic rings. The average Bonchev–Trinajstić information content (AvgIpc) is 2.82. The van der Waals surface area contributed by atoms with Crippen LogP contribution < -0.4 is 11.1 Å². The van der Waals surface area contributed by atoms with Crippen LogP contribution in [0.1, 0.15) is 31.4 Å². The van der Waals surface area contributed by atoms with Crippen LogP contribution in [0.3, 0.4) is 0 Å². The molecule has 6 nitrogen and oxygen atoms in total. The molecule has 20 heavy (non-hydrogen) atoms. The van der Waals surface area contributed by atoms with E-state index in [1.165, 1.54) is 12.8 Å². The molecule has 0 saturated carbocycles. The SMILES string of the molecule is Cc1cc(NC(=O)CCN2CCCCC2CN)no1.Cl. The summed E-state index contributed by atoms with van der Waals surface area (Å²) in [6, 6.07) is 2.14. The Hall–Kier alpha value is -1.11. The van der Waals surface area contributed by atoms with E-state index in [0.717, 1.165) is 19.5 Å². The number of anilines is 1. The fourth-order valence-electron chi connectivity index (χ4n) is 2.50. The smallest absolute Gasteiger partial charge is 0.226 e. The van der Waals surface area contributed by atoms with E-state index < -0.39 is 0 Å². The monoisotopic (exact) mass is 302 g/mol. The van der Waals surface area contributed by atoms with Crippen LogP contribution in [0.15, 0.2) is 10.6 Å². The summed E-state index contributed by atoms with van der Waals surface area (Å²) in [6.45, 7) is 4.26. The van der Waals surface area contributed by atoms with Gasteiger partial charge in [-0.15, -0.1) is 12.4 Å². The first-order chi connectivity index (χ1) is 9.19. The summed E-state index contributed by atoms with van der Waals surface area (Å²) in [5.41, 5.74) is 5.76. The van der Waals surface area contributed by atoms with E-state index >= 15 is 0 Å². The molecule has 0 bridgehead atoms. The molecule has 0 aromatic carbocycles. The molecule has 1 saturated heterocycles. The van der Waals surface area contributed by atoms with Crippen molar-refractivity contribution in [2.24, 2.45) is 5.73 Å². The van der Waals surface area contributed by atoms with E-state index in [-0.39, 0.29) is 18.3 Å². The van der Waals surface area contributed by atoms with Crippen molar-refractivity contribution in [1.82, 2.24) is 10.1 Å². The third-order valence-electron chi connectivity index (χ3n) is 3.54. The largest absolute Gasteiger partial charge is 0.360 e. The van der Waals surface area contributed by atoms with Crippen LogP contribution in [0.5, 0.6) is 0 Å². The second-order valence-corrected chi connectivity index (χ2v) is 5.04. The Morgan fingerprint density at radius 3 is 3.05 bits per heavy atom. The van der Waals surface area contributed by atoms with E-state index in [9.17, 15) is 4.79 Å². The molecule has 7 heteroatoms. The van der Waals surface area contributed by atoms with Gasteiger partial charge in [0.2, 0.25) is 5.91 Å². The van der Waals surface area contributed by atoms with Crippen molar-refractivity contribution in [2.75, 3.05) is 25.0 Å². The van der Waals surface area contributed by atoms with Crippen LogP contribution >= 0.6 is 12.4 Å². The molecule has 0 spiro atoms. The van der Waals surface area contributed by atoms with E-state index in [1.54, 1.807) is 13.0 Å². The molecule has 1 aromatic heterocycles. The number of halogens is 1. The summed E-state index contributed by atoms with van der Waals surface area (Å²) in [4.78, 5) is 14.1. The van der Waals surface area contributed by atoms with Gasteiger partial charge >= 0.3 is 0 Å². The molecule has 1 aliphatic rings. The van der Waals surface area contributed by atoms with Gasteiger partial charge in [-0.05, 0) is 26.3 Å². The zero-order valence-electron chi connectivity index (χ0n) is 11.8. The Bertz CT molecular complexity index is 424. The highest BCUT2D eigenvalue weighted by molar-refractivity contribution is 5.89. The highest BCUT2D eigenvalue weighted by Gasteiger charge is 2.21. The number of rotatable bonds is 5. The third kappa shape index (κ3) is 4.77. The number of aromatic nitrogens is 1. The van der Waals surface area contributed by atoms with Gasteiger partial charge in [-0.3, -0.25) is 9.69 Å². The molecule has 1 atom stereocenters. The molecular weight excluding hydrogens is 280 g/mol. The minimum Gasteiger partial charge on any atom is -0.360 e. The van der Waals surface area contributed by atoms with Gasteiger partial charge in [0.05, 0.1) is 0 Å². The molecule has 2 rings (SSSR count). The van der Waals surface area contributed by atoms with Crippen LogP contribution in [0, 0.1) is 6.92 Å². The lowest BCUT2D eigenvalue weighted by Crippen LogP contribution is -2.45. The van der Waals surface area contributed by atoms with E-state index in [2.05, 4.69) is 15.4 Å². The van der Waals surface area contributed by atoms with Crippen molar-refractivity contribution in [1.29, 1.82) is 0 Å². The number of nitrogens with one attached hydrogen (secondary N) is 1. The van der Waals surface area contributed by atoms with Gasteiger partial charge in [0.1, 0.15) is 5.76 Å². The van der Waals surface area contributed by atoms with E-state index in [4.69, 9.17) is 10.3 Å². The van der Waals surface area contributed by atoms with Gasteiger partial charge in [-0.25, -0.2) is 0 Å². The van der Waals surface area contributed by atoms with Crippen molar-refractivity contribution in [3.8, 4) is 0 Å². The number of carbonyl (C=O) groups excluding carboxylic acids is 1. The molecular formula is C13H23ClN4O2. The Morgan fingerprint density at radius 2 is 2.40 bits per heavy atom. The maximum absolute atomic E-state index is 11.8. The molecule has 1 amide bonds. The third-order valence-corrected chi connectivity index (χ3v) is 3.54. The first-order valence-corrected chi connectivity index (χ1v) is 6.86. The van der Waals surface area contributed by atoms with Crippen molar-refractivity contribution in [2.45, 2.75) is 38.6 Å². The normalized spacial score (nSPS) is 19.4. The number of aryl methyl sites for hydroxylation is 1. The summed E-state index contributed by atoms with van der Waals surface area (Å²) >= 11 is 0. The number of hydrogen-bond donors (Lipinski definition) is 2. The summed E-state index contributed by atoms with van der Waals surface area (Å²) in [7, 11) is 0. The second kappa shape index (κ2) is 8.24. The number of carbonyl (C=O) groups is 1. The zero-order chi connectivity index (χ0) is 13.7. The van der Waals surface area contributed by atoms with E-state index in [1.807, 2.05) is 0 Å². The number of piperidine rings is 1. The van der Waals surface area contributed by atoms with Crippen molar-refractivity contribution in [3.05, 3.63) is 11.8 Å². The Morgan fingerprint density at radius 1 is 1.60 bits per heavy atom. The van der Waals surface area contributed by atoms with Crippen molar-refractivity contribution < 1.29 is 9.32 Å². The van der Waals surface area contributed by atoms with Crippen LogP contribution in [0.4, 0.5) is 5.82 Å². The lowest BCUT2D eigenvalue weighted by Gasteiger charge is -2.34. The minimum atomic E-state index is -0.0327. The number of amides is 1. The van der Waals surface area contributed by atoms with Crippen LogP contribution in [-0.2, 0) is 4.79 Å². The molecule has 2 heterocycles. The highest BCUT2D eigenvalue weighted by Crippen LogP contribution is 2.16. The van der Waals surface area contributed by atoms with Gasteiger partial charge < -0.3 is 15.6 Å². The van der Waals surface area contributed by atoms with Gasteiger partial charge in [-0.1, -0.05) is 11.6 Å². The van der Waals surface area contributed by atoms with Gasteiger partial charge in [0, 0.05) is 31.6 Å². The Kier molecular flexibility index (Phi) is 6.98. The van der Waals surface area contributed by atoms with Crippen LogP contribution in [0.2, 0.25) is 0 Å². The summed E-state index contributed by atoms with van der Waals surface area (Å²) < 4.78 is 4.90. The van der Waals surface area contributed by atoms with Crippen molar-refractivity contribution >= 4 is 24.1 Å². The predicted molar refractivity (Wildman–Crippen MR) is 80.0 cm³/mol. The lowest BCUT2D eigenvalue weighted by atomic mass is 10.0.